The molecule has 0 aromatic carbocycles. The highest BCUT2D eigenvalue weighted by atomic mass is 16.6. The van der Waals surface area contributed by atoms with Gasteiger partial charge >= 0.3 is 0 Å². The van der Waals surface area contributed by atoms with Gasteiger partial charge in [-0.25, -0.2) is 0 Å². The van der Waals surface area contributed by atoms with Crippen LogP contribution in [0, 0.1) is 0 Å². The molecule has 0 amide bonds. The summed E-state index contributed by atoms with van der Waals surface area (Å²) in [6, 6.07) is 0. The third kappa shape index (κ3) is 0.723. The maximum absolute atomic E-state index is 5.01. The van der Waals surface area contributed by atoms with Crippen molar-refractivity contribution >= 4 is 0 Å². The molecule has 0 aromatic rings. The SMILES string of the molecule is N/C=C\C1CO1. The van der Waals surface area contributed by atoms with E-state index >= 15 is 0 Å². The van der Waals surface area contributed by atoms with Crippen molar-refractivity contribution in [1.29, 1.82) is 0 Å². The van der Waals surface area contributed by atoms with Gasteiger partial charge in [-0.15, -0.1) is 0 Å². The molecule has 0 aromatic heterocycles. The van der Waals surface area contributed by atoms with E-state index in [4.69, 9.17) is 10.5 Å². The van der Waals surface area contributed by atoms with Crippen LogP contribution in [0.5, 0.6) is 0 Å². The van der Waals surface area contributed by atoms with Gasteiger partial charge in [0.25, 0.3) is 0 Å². The first-order valence-electron chi connectivity index (χ1n) is 1.93. The number of hydrogen-bond acceptors (Lipinski definition) is 2. The Morgan fingerprint density at radius 3 is 2.67 bits per heavy atom. The average Bonchev–Trinajstić information content (AvgIpc) is 2.21. The van der Waals surface area contributed by atoms with E-state index in [1.54, 1.807) is 0 Å². The molecule has 1 fully saturated rings. The predicted molar refractivity (Wildman–Crippen MR) is 23.1 cm³/mol. The minimum atomic E-state index is 0.343. The maximum Gasteiger partial charge on any atom is 0.101 e. The van der Waals surface area contributed by atoms with E-state index in [-0.39, 0.29) is 0 Å². The Kier molecular flexibility index (Phi) is 0.801. The lowest BCUT2D eigenvalue weighted by atomic mass is 10.5. The first-order chi connectivity index (χ1) is 2.93. The molecule has 34 valence electrons. The molecule has 2 nitrogen and oxygen atoms in total. The molecular formula is C4H7NO. The van der Waals surface area contributed by atoms with E-state index in [0.29, 0.717) is 6.10 Å². The smallest absolute Gasteiger partial charge is 0.101 e. The normalized spacial score (nSPS) is 31.7. The quantitative estimate of drug-likeness (QED) is 0.450. The maximum atomic E-state index is 5.01. The molecular weight excluding hydrogens is 78.0 g/mol. The van der Waals surface area contributed by atoms with Gasteiger partial charge in [-0.1, -0.05) is 0 Å². The highest BCUT2D eigenvalue weighted by molar-refractivity contribution is 4.92. The van der Waals surface area contributed by atoms with Gasteiger partial charge < -0.3 is 10.5 Å². The fourth-order valence-electron chi connectivity index (χ4n) is 0.291. The van der Waals surface area contributed by atoms with Gasteiger partial charge in [-0.05, 0) is 12.3 Å². The van der Waals surface area contributed by atoms with Crippen LogP contribution in [0.25, 0.3) is 0 Å². The Labute approximate surface area is 36.6 Å². The van der Waals surface area contributed by atoms with E-state index in [1.165, 1.54) is 6.20 Å². The van der Waals surface area contributed by atoms with Gasteiger partial charge in [-0.3, -0.25) is 0 Å². The first kappa shape index (κ1) is 3.68. The zero-order valence-corrected chi connectivity index (χ0v) is 3.42. The first-order valence-corrected chi connectivity index (χ1v) is 1.93. The van der Waals surface area contributed by atoms with E-state index < -0.39 is 0 Å². The van der Waals surface area contributed by atoms with E-state index in [1.807, 2.05) is 6.08 Å². The number of ether oxygens (including phenoxy) is 1. The monoisotopic (exact) mass is 85.1 g/mol. The van der Waals surface area contributed by atoms with Crippen LogP contribution in [0.15, 0.2) is 12.3 Å². The van der Waals surface area contributed by atoms with Crippen LogP contribution in [-0.2, 0) is 4.74 Å². The largest absolute Gasteiger partial charge is 0.405 e. The van der Waals surface area contributed by atoms with Gasteiger partial charge in [0.05, 0.1) is 6.61 Å². The summed E-state index contributed by atoms with van der Waals surface area (Å²) in [4.78, 5) is 0. The van der Waals surface area contributed by atoms with Crippen molar-refractivity contribution in [3.05, 3.63) is 12.3 Å². The molecule has 1 rings (SSSR count). The summed E-state index contributed by atoms with van der Waals surface area (Å²) in [5.74, 6) is 0. The summed E-state index contributed by atoms with van der Waals surface area (Å²) >= 11 is 0. The van der Waals surface area contributed by atoms with Crippen molar-refractivity contribution in [3.8, 4) is 0 Å². The minimum absolute atomic E-state index is 0.343. The standard InChI is InChI=1S/C4H7NO/c5-2-1-4-3-6-4/h1-2,4H,3,5H2/b2-1-. The van der Waals surface area contributed by atoms with E-state index in [0.717, 1.165) is 6.61 Å². The topological polar surface area (TPSA) is 38.5 Å². The Balaban J connectivity index is 2.15. The van der Waals surface area contributed by atoms with Crippen LogP contribution in [-0.4, -0.2) is 12.7 Å². The number of hydrogen-bond donors (Lipinski definition) is 1. The molecule has 0 aliphatic carbocycles. The summed E-state index contributed by atoms with van der Waals surface area (Å²) in [5, 5.41) is 0. The number of rotatable bonds is 1. The highest BCUT2D eigenvalue weighted by Gasteiger charge is 2.17. The van der Waals surface area contributed by atoms with Crippen molar-refractivity contribution in [1.82, 2.24) is 0 Å². The molecule has 6 heavy (non-hydrogen) atoms. The van der Waals surface area contributed by atoms with Crippen molar-refractivity contribution in [2.24, 2.45) is 5.73 Å². The second-order valence-corrected chi connectivity index (χ2v) is 1.26. The Bertz CT molecular complexity index is 65.9. The van der Waals surface area contributed by atoms with Crippen molar-refractivity contribution in [2.75, 3.05) is 6.61 Å². The zero-order valence-electron chi connectivity index (χ0n) is 3.42. The third-order valence-corrected chi connectivity index (χ3v) is 0.685. The molecule has 2 N–H and O–H groups in total. The molecule has 1 heterocycles. The molecule has 0 saturated carbocycles. The fraction of sp³-hybridized carbons (Fsp3) is 0.500. The van der Waals surface area contributed by atoms with Crippen LogP contribution in [0.4, 0.5) is 0 Å². The summed E-state index contributed by atoms with van der Waals surface area (Å²) in [5.41, 5.74) is 5.01. The van der Waals surface area contributed by atoms with Gasteiger partial charge in [-0.2, -0.15) is 0 Å². The molecule has 0 bridgehead atoms. The molecule has 2 heteroatoms. The van der Waals surface area contributed by atoms with Crippen LogP contribution in [0.3, 0.4) is 0 Å². The summed E-state index contributed by atoms with van der Waals surface area (Å²) < 4.78 is 4.78. The Morgan fingerprint density at radius 1 is 1.83 bits per heavy atom. The van der Waals surface area contributed by atoms with Crippen LogP contribution in [0.1, 0.15) is 0 Å². The lowest BCUT2D eigenvalue weighted by Gasteiger charge is -1.67. The number of epoxide rings is 1. The zero-order chi connectivity index (χ0) is 4.41. The van der Waals surface area contributed by atoms with Crippen molar-refractivity contribution in [2.45, 2.75) is 6.10 Å². The van der Waals surface area contributed by atoms with Crippen molar-refractivity contribution < 1.29 is 4.74 Å². The fourth-order valence-corrected chi connectivity index (χ4v) is 0.291. The summed E-state index contributed by atoms with van der Waals surface area (Å²) in [6.45, 7) is 0.855. The predicted octanol–water partition coefficient (Wildman–Crippen LogP) is -0.142. The number of nitrogens with two attached hydrogens (primary N) is 1. The van der Waals surface area contributed by atoms with Crippen LogP contribution in [0.2, 0.25) is 0 Å². The van der Waals surface area contributed by atoms with Crippen LogP contribution < -0.4 is 5.73 Å². The van der Waals surface area contributed by atoms with Gasteiger partial charge in [0.1, 0.15) is 6.10 Å². The summed E-state index contributed by atoms with van der Waals surface area (Å²) in [7, 11) is 0. The molecule has 1 aliphatic rings. The molecule has 1 aliphatic heterocycles. The lowest BCUT2D eigenvalue weighted by molar-refractivity contribution is 0.440. The van der Waals surface area contributed by atoms with Gasteiger partial charge in [0.15, 0.2) is 0 Å². The van der Waals surface area contributed by atoms with Crippen molar-refractivity contribution in [3.63, 3.8) is 0 Å². The summed E-state index contributed by atoms with van der Waals surface area (Å²) in [6.07, 6.45) is 3.69. The molecule has 1 atom stereocenters. The Hall–Kier alpha value is -0.500. The van der Waals surface area contributed by atoms with Crippen LogP contribution >= 0.6 is 0 Å². The molecule has 0 spiro atoms. The Morgan fingerprint density at radius 2 is 2.50 bits per heavy atom. The van der Waals surface area contributed by atoms with Gasteiger partial charge in [0, 0.05) is 0 Å². The average molecular weight is 85.1 g/mol. The highest BCUT2D eigenvalue weighted by Crippen LogP contribution is 2.07. The van der Waals surface area contributed by atoms with E-state index in [2.05, 4.69) is 0 Å². The lowest BCUT2D eigenvalue weighted by Crippen LogP contribution is -1.79. The molecule has 0 radical (unpaired) electrons. The van der Waals surface area contributed by atoms with E-state index in [9.17, 15) is 0 Å². The molecule has 1 unspecified atom stereocenters. The second kappa shape index (κ2) is 1.30. The van der Waals surface area contributed by atoms with Gasteiger partial charge in [0.2, 0.25) is 0 Å². The molecule has 1 saturated heterocycles. The minimum Gasteiger partial charge on any atom is -0.405 e. The third-order valence-electron chi connectivity index (χ3n) is 0.685. The second-order valence-electron chi connectivity index (χ2n) is 1.26.